The van der Waals surface area contributed by atoms with Crippen molar-refractivity contribution in [2.75, 3.05) is 0 Å². The molecule has 0 heterocycles. The molecule has 0 aliphatic carbocycles. The molecule has 0 amide bonds. The van der Waals surface area contributed by atoms with E-state index >= 15 is 0 Å². The average molecular weight is 270 g/mol. The van der Waals surface area contributed by atoms with Crippen LogP contribution >= 0.6 is 0 Å². The van der Waals surface area contributed by atoms with Crippen molar-refractivity contribution >= 4 is 5.78 Å². The molecular formula is C15H17F3O. The van der Waals surface area contributed by atoms with Crippen LogP contribution in [0.2, 0.25) is 0 Å². The summed E-state index contributed by atoms with van der Waals surface area (Å²) >= 11 is 0. The summed E-state index contributed by atoms with van der Waals surface area (Å²) in [5, 5.41) is 0. The fourth-order valence-corrected chi connectivity index (χ4v) is 1.74. The van der Waals surface area contributed by atoms with Gasteiger partial charge in [-0.1, -0.05) is 24.6 Å². The van der Waals surface area contributed by atoms with Crippen LogP contribution in [0.3, 0.4) is 0 Å². The van der Waals surface area contributed by atoms with Crippen LogP contribution in [0.5, 0.6) is 0 Å². The first kappa shape index (κ1) is 15.5. The number of unbranched alkanes of at least 4 members (excludes halogenated alkanes) is 3. The Bertz CT molecular complexity index is 418. The zero-order valence-corrected chi connectivity index (χ0v) is 10.7. The molecule has 0 bridgehead atoms. The predicted octanol–water partition coefficient (Wildman–Crippen LogP) is 5.02. The Morgan fingerprint density at radius 2 is 1.74 bits per heavy atom. The highest BCUT2D eigenvalue weighted by Crippen LogP contribution is 2.29. The highest BCUT2D eigenvalue weighted by Gasteiger charge is 2.30. The van der Waals surface area contributed by atoms with E-state index in [2.05, 4.69) is 6.58 Å². The third kappa shape index (κ3) is 5.28. The minimum absolute atomic E-state index is 0.104. The second kappa shape index (κ2) is 7.12. The fourth-order valence-electron chi connectivity index (χ4n) is 1.74. The van der Waals surface area contributed by atoms with Crippen LogP contribution in [0.15, 0.2) is 36.9 Å². The Hall–Kier alpha value is -1.58. The molecule has 0 N–H and O–H groups in total. The van der Waals surface area contributed by atoms with E-state index in [9.17, 15) is 18.0 Å². The Balaban J connectivity index is 2.47. The maximum absolute atomic E-state index is 12.3. The quantitative estimate of drug-likeness (QED) is 0.386. The number of ketones is 1. The topological polar surface area (TPSA) is 17.1 Å². The number of alkyl halides is 3. The minimum Gasteiger partial charge on any atom is -0.294 e. The summed E-state index contributed by atoms with van der Waals surface area (Å²) in [6.07, 6.45) is 1.46. The maximum Gasteiger partial charge on any atom is 0.416 e. The summed E-state index contributed by atoms with van der Waals surface area (Å²) in [7, 11) is 0. The Kier molecular flexibility index (Phi) is 5.80. The van der Waals surface area contributed by atoms with Gasteiger partial charge < -0.3 is 0 Å². The van der Waals surface area contributed by atoms with Gasteiger partial charge in [0.15, 0.2) is 5.78 Å². The molecule has 4 heteroatoms. The lowest BCUT2D eigenvalue weighted by molar-refractivity contribution is -0.137. The van der Waals surface area contributed by atoms with Gasteiger partial charge in [-0.2, -0.15) is 13.2 Å². The number of Topliss-reactive ketones (excluding diaryl/α,β-unsaturated/α-hetero) is 1. The predicted molar refractivity (Wildman–Crippen MR) is 69.1 cm³/mol. The van der Waals surface area contributed by atoms with Gasteiger partial charge in [0, 0.05) is 12.0 Å². The lowest BCUT2D eigenvalue weighted by Crippen LogP contribution is -2.06. The summed E-state index contributed by atoms with van der Waals surface area (Å²) < 4.78 is 37.0. The van der Waals surface area contributed by atoms with Crippen LogP contribution in [-0.2, 0) is 6.18 Å². The summed E-state index contributed by atoms with van der Waals surface area (Å²) in [6.45, 7) is 3.61. The first-order chi connectivity index (χ1) is 8.95. The van der Waals surface area contributed by atoms with Crippen molar-refractivity contribution in [1.29, 1.82) is 0 Å². The number of halogens is 3. The van der Waals surface area contributed by atoms with E-state index in [1.165, 1.54) is 12.1 Å². The molecule has 1 rings (SSSR count). The van der Waals surface area contributed by atoms with Crippen molar-refractivity contribution in [3.05, 3.63) is 48.0 Å². The summed E-state index contributed by atoms with van der Waals surface area (Å²) in [4.78, 5) is 11.7. The molecule has 0 aromatic heterocycles. The summed E-state index contributed by atoms with van der Waals surface area (Å²) in [5.41, 5.74) is -0.383. The Morgan fingerprint density at radius 3 is 2.26 bits per heavy atom. The molecule has 0 radical (unpaired) electrons. The Labute approximate surface area is 111 Å². The first-order valence-electron chi connectivity index (χ1n) is 6.26. The molecular weight excluding hydrogens is 253 g/mol. The molecule has 1 nitrogen and oxygen atoms in total. The number of allylic oxidation sites excluding steroid dienone is 1. The van der Waals surface area contributed by atoms with E-state index in [0.29, 0.717) is 12.0 Å². The van der Waals surface area contributed by atoms with Gasteiger partial charge in [0.2, 0.25) is 0 Å². The standard InChI is InChI=1S/C15H17F3O/c1-2-3-4-5-6-7-14(19)12-8-10-13(11-9-12)15(16,17)18/h2,8-11H,1,3-7H2. The lowest BCUT2D eigenvalue weighted by atomic mass is 10.0. The summed E-state index contributed by atoms with van der Waals surface area (Å²) in [6, 6.07) is 4.39. The van der Waals surface area contributed by atoms with E-state index in [0.717, 1.165) is 37.8 Å². The molecule has 0 unspecified atom stereocenters. The van der Waals surface area contributed by atoms with Crippen molar-refractivity contribution in [2.45, 2.75) is 38.3 Å². The van der Waals surface area contributed by atoms with Crippen molar-refractivity contribution in [3.63, 3.8) is 0 Å². The van der Waals surface area contributed by atoms with Gasteiger partial charge in [-0.05, 0) is 31.4 Å². The van der Waals surface area contributed by atoms with Crippen LogP contribution < -0.4 is 0 Å². The maximum atomic E-state index is 12.3. The van der Waals surface area contributed by atoms with Crippen LogP contribution in [-0.4, -0.2) is 5.78 Å². The van der Waals surface area contributed by atoms with Crippen molar-refractivity contribution < 1.29 is 18.0 Å². The van der Waals surface area contributed by atoms with Gasteiger partial charge in [-0.15, -0.1) is 6.58 Å². The molecule has 1 aromatic carbocycles. The summed E-state index contributed by atoms with van der Waals surface area (Å²) in [5.74, 6) is -0.104. The third-order valence-electron chi connectivity index (χ3n) is 2.85. The molecule has 1 aromatic rings. The monoisotopic (exact) mass is 270 g/mol. The molecule has 0 aliphatic heterocycles. The molecule has 0 saturated heterocycles. The van der Waals surface area contributed by atoms with Gasteiger partial charge in [0.25, 0.3) is 0 Å². The second-order valence-electron chi connectivity index (χ2n) is 4.39. The molecule has 0 atom stereocenters. The van der Waals surface area contributed by atoms with E-state index in [4.69, 9.17) is 0 Å². The van der Waals surface area contributed by atoms with E-state index in [1.807, 2.05) is 6.08 Å². The van der Waals surface area contributed by atoms with Crippen LogP contribution in [0.25, 0.3) is 0 Å². The SMILES string of the molecule is C=CCCCCCC(=O)c1ccc(C(F)(F)F)cc1. The first-order valence-corrected chi connectivity index (χ1v) is 6.26. The van der Waals surface area contributed by atoms with Gasteiger partial charge in [0.1, 0.15) is 0 Å². The lowest BCUT2D eigenvalue weighted by Gasteiger charge is -2.07. The number of hydrogen-bond donors (Lipinski definition) is 0. The Morgan fingerprint density at radius 1 is 1.11 bits per heavy atom. The molecule has 104 valence electrons. The minimum atomic E-state index is -4.35. The number of carbonyl (C=O) groups is 1. The number of hydrogen-bond acceptors (Lipinski definition) is 1. The molecule has 0 spiro atoms. The van der Waals surface area contributed by atoms with Crippen LogP contribution in [0.1, 0.15) is 48.0 Å². The van der Waals surface area contributed by atoms with Crippen molar-refractivity contribution in [1.82, 2.24) is 0 Å². The smallest absolute Gasteiger partial charge is 0.294 e. The van der Waals surface area contributed by atoms with Gasteiger partial charge >= 0.3 is 6.18 Å². The number of carbonyl (C=O) groups excluding carboxylic acids is 1. The highest BCUT2D eigenvalue weighted by molar-refractivity contribution is 5.96. The zero-order valence-electron chi connectivity index (χ0n) is 10.7. The number of rotatable bonds is 7. The highest BCUT2D eigenvalue weighted by atomic mass is 19.4. The van der Waals surface area contributed by atoms with Crippen molar-refractivity contribution in [3.8, 4) is 0 Å². The van der Waals surface area contributed by atoms with Crippen LogP contribution in [0, 0.1) is 0 Å². The zero-order chi connectivity index (χ0) is 14.3. The fraction of sp³-hybridized carbons (Fsp3) is 0.400. The second-order valence-corrected chi connectivity index (χ2v) is 4.39. The average Bonchev–Trinajstić information content (AvgIpc) is 2.37. The van der Waals surface area contributed by atoms with Crippen LogP contribution in [0.4, 0.5) is 13.2 Å². The molecule has 0 fully saturated rings. The van der Waals surface area contributed by atoms with Crippen molar-refractivity contribution in [2.24, 2.45) is 0 Å². The molecule has 0 aliphatic rings. The number of benzene rings is 1. The van der Waals surface area contributed by atoms with E-state index < -0.39 is 11.7 Å². The van der Waals surface area contributed by atoms with Gasteiger partial charge in [-0.3, -0.25) is 4.79 Å². The molecule has 0 saturated carbocycles. The van der Waals surface area contributed by atoms with Gasteiger partial charge in [-0.25, -0.2) is 0 Å². The van der Waals surface area contributed by atoms with E-state index in [1.54, 1.807) is 0 Å². The largest absolute Gasteiger partial charge is 0.416 e. The normalized spacial score (nSPS) is 11.3. The van der Waals surface area contributed by atoms with E-state index in [-0.39, 0.29) is 5.78 Å². The van der Waals surface area contributed by atoms with Gasteiger partial charge in [0.05, 0.1) is 5.56 Å². The molecule has 19 heavy (non-hydrogen) atoms. The third-order valence-corrected chi connectivity index (χ3v) is 2.85.